The van der Waals surface area contributed by atoms with Gasteiger partial charge in [0.1, 0.15) is 6.61 Å². The van der Waals surface area contributed by atoms with Crippen molar-refractivity contribution in [1.82, 2.24) is 14.8 Å². The molecule has 0 radical (unpaired) electrons. The number of oxime groups is 1. The molecule has 0 atom stereocenters. The monoisotopic (exact) mass is 413 g/mol. The van der Waals surface area contributed by atoms with E-state index in [2.05, 4.69) is 15.2 Å². The number of nitrogens with two attached hydrogens (primary N) is 1. The van der Waals surface area contributed by atoms with Crippen LogP contribution in [-0.2, 0) is 14.7 Å². The highest BCUT2D eigenvalue weighted by Gasteiger charge is 2.13. The lowest BCUT2D eigenvalue weighted by molar-refractivity contribution is 0.145. The number of pyridine rings is 1. The van der Waals surface area contributed by atoms with Gasteiger partial charge in [-0.05, 0) is 50.6 Å². The van der Waals surface area contributed by atoms with Crippen molar-refractivity contribution in [3.63, 3.8) is 0 Å². The summed E-state index contributed by atoms with van der Waals surface area (Å²) in [4.78, 5) is 9.83. The standard InChI is InChI=1S/C20H23N5O3S/c1-15-13-16(2)25(23-15)19-10-9-17(14-22-19)20(21)24-28-11-6-12-29(26,27)18-7-4-3-5-8-18/h3-5,7-10,13-14H,6,11-12H2,1-2H3,(H2,21,24). The lowest BCUT2D eigenvalue weighted by Crippen LogP contribution is -2.15. The Labute approximate surface area is 169 Å². The van der Waals surface area contributed by atoms with Gasteiger partial charge in [-0.1, -0.05) is 23.4 Å². The third-order valence-electron chi connectivity index (χ3n) is 4.18. The summed E-state index contributed by atoms with van der Waals surface area (Å²) >= 11 is 0. The Kier molecular flexibility index (Phi) is 6.28. The summed E-state index contributed by atoms with van der Waals surface area (Å²) in [5.41, 5.74) is 8.42. The van der Waals surface area contributed by atoms with Crippen LogP contribution in [0, 0.1) is 13.8 Å². The molecule has 0 fully saturated rings. The van der Waals surface area contributed by atoms with Crippen LogP contribution in [0.5, 0.6) is 0 Å². The van der Waals surface area contributed by atoms with Crippen LogP contribution in [0.15, 0.2) is 64.8 Å². The second-order valence-corrected chi connectivity index (χ2v) is 8.65. The number of aromatic nitrogens is 3. The van der Waals surface area contributed by atoms with Gasteiger partial charge in [0.25, 0.3) is 0 Å². The van der Waals surface area contributed by atoms with Gasteiger partial charge in [-0.2, -0.15) is 5.10 Å². The van der Waals surface area contributed by atoms with E-state index in [9.17, 15) is 8.42 Å². The Bertz CT molecular complexity index is 1090. The van der Waals surface area contributed by atoms with E-state index in [0.717, 1.165) is 11.4 Å². The first kappa shape index (κ1) is 20.5. The summed E-state index contributed by atoms with van der Waals surface area (Å²) in [7, 11) is -3.32. The number of sulfone groups is 1. The zero-order chi connectivity index (χ0) is 20.9. The molecule has 2 heterocycles. The van der Waals surface area contributed by atoms with Gasteiger partial charge >= 0.3 is 0 Å². The highest BCUT2D eigenvalue weighted by molar-refractivity contribution is 7.91. The van der Waals surface area contributed by atoms with E-state index in [0.29, 0.717) is 22.7 Å². The highest BCUT2D eigenvalue weighted by Crippen LogP contribution is 2.12. The van der Waals surface area contributed by atoms with Crippen LogP contribution < -0.4 is 5.73 Å². The van der Waals surface area contributed by atoms with Gasteiger partial charge in [0, 0.05) is 17.5 Å². The zero-order valence-electron chi connectivity index (χ0n) is 16.3. The van der Waals surface area contributed by atoms with Crippen molar-refractivity contribution in [2.75, 3.05) is 12.4 Å². The molecule has 0 amide bonds. The van der Waals surface area contributed by atoms with E-state index in [1.807, 2.05) is 19.9 Å². The van der Waals surface area contributed by atoms with Crippen molar-refractivity contribution >= 4 is 15.7 Å². The van der Waals surface area contributed by atoms with Crippen LogP contribution in [-0.4, -0.2) is 41.4 Å². The van der Waals surface area contributed by atoms with Crippen molar-refractivity contribution < 1.29 is 13.3 Å². The van der Waals surface area contributed by atoms with Gasteiger partial charge in [-0.3, -0.25) is 0 Å². The number of hydrogen-bond acceptors (Lipinski definition) is 6. The van der Waals surface area contributed by atoms with Crippen LogP contribution in [0.4, 0.5) is 0 Å². The molecule has 0 saturated heterocycles. The second kappa shape index (κ2) is 8.87. The summed E-state index contributed by atoms with van der Waals surface area (Å²) in [6, 6.07) is 13.9. The topological polar surface area (TPSA) is 112 Å². The highest BCUT2D eigenvalue weighted by atomic mass is 32.2. The molecule has 0 unspecified atom stereocenters. The molecule has 0 aliphatic heterocycles. The predicted molar refractivity (Wildman–Crippen MR) is 111 cm³/mol. The minimum atomic E-state index is -3.32. The van der Waals surface area contributed by atoms with E-state index >= 15 is 0 Å². The van der Waals surface area contributed by atoms with Crippen LogP contribution in [0.25, 0.3) is 5.82 Å². The normalized spacial score (nSPS) is 12.1. The average Bonchev–Trinajstić information content (AvgIpc) is 3.06. The van der Waals surface area contributed by atoms with Gasteiger partial charge in [-0.25, -0.2) is 18.1 Å². The van der Waals surface area contributed by atoms with E-state index in [-0.39, 0.29) is 18.2 Å². The summed E-state index contributed by atoms with van der Waals surface area (Å²) in [5, 5.41) is 8.23. The Morgan fingerprint density at radius 2 is 1.93 bits per heavy atom. The minimum Gasteiger partial charge on any atom is -0.394 e. The van der Waals surface area contributed by atoms with Gasteiger partial charge in [-0.15, -0.1) is 0 Å². The number of aryl methyl sites for hydroxylation is 2. The maximum atomic E-state index is 12.2. The van der Waals surface area contributed by atoms with Crippen LogP contribution in [0.2, 0.25) is 0 Å². The molecule has 29 heavy (non-hydrogen) atoms. The molecule has 0 saturated carbocycles. The van der Waals surface area contributed by atoms with Crippen molar-refractivity contribution in [1.29, 1.82) is 0 Å². The summed E-state index contributed by atoms with van der Waals surface area (Å²) in [5.74, 6) is 0.827. The summed E-state index contributed by atoms with van der Waals surface area (Å²) in [6.45, 7) is 4.02. The van der Waals surface area contributed by atoms with Crippen LogP contribution in [0.3, 0.4) is 0 Å². The van der Waals surface area contributed by atoms with Crippen LogP contribution >= 0.6 is 0 Å². The Morgan fingerprint density at radius 1 is 1.17 bits per heavy atom. The molecule has 0 aliphatic rings. The zero-order valence-corrected chi connectivity index (χ0v) is 17.1. The largest absolute Gasteiger partial charge is 0.394 e. The van der Waals surface area contributed by atoms with Crippen molar-refractivity contribution in [3.05, 3.63) is 71.7 Å². The smallest absolute Gasteiger partial charge is 0.178 e. The predicted octanol–water partition coefficient (Wildman–Crippen LogP) is 2.39. The first-order valence-electron chi connectivity index (χ1n) is 9.10. The first-order valence-corrected chi connectivity index (χ1v) is 10.8. The quantitative estimate of drug-likeness (QED) is 0.263. The first-order chi connectivity index (χ1) is 13.9. The van der Waals surface area contributed by atoms with E-state index < -0.39 is 9.84 Å². The second-order valence-electron chi connectivity index (χ2n) is 6.54. The lowest BCUT2D eigenvalue weighted by atomic mass is 10.2. The number of rotatable bonds is 8. The fourth-order valence-electron chi connectivity index (χ4n) is 2.75. The number of nitrogens with zero attached hydrogens (tertiary/aromatic N) is 4. The maximum Gasteiger partial charge on any atom is 0.178 e. The Balaban J connectivity index is 1.53. The van der Waals surface area contributed by atoms with Gasteiger partial charge in [0.05, 0.1) is 16.3 Å². The molecule has 2 N–H and O–H groups in total. The van der Waals surface area contributed by atoms with Crippen molar-refractivity contribution in [2.24, 2.45) is 10.9 Å². The fraction of sp³-hybridized carbons (Fsp3) is 0.250. The Hall–Kier alpha value is -3.20. The molecule has 2 aromatic heterocycles. The summed E-state index contributed by atoms with van der Waals surface area (Å²) in [6.07, 6.45) is 1.90. The van der Waals surface area contributed by atoms with Gasteiger partial charge in [0.2, 0.25) is 0 Å². The molecular weight excluding hydrogens is 390 g/mol. The number of hydrogen-bond donors (Lipinski definition) is 1. The fourth-order valence-corrected chi connectivity index (χ4v) is 4.06. The molecule has 0 spiro atoms. The van der Waals surface area contributed by atoms with Crippen molar-refractivity contribution in [3.8, 4) is 5.82 Å². The summed E-state index contributed by atoms with van der Waals surface area (Å²) < 4.78 is 26.1. The average molecular weight is 414 g/mol. The molecule has 8 nitrogen and oxygen atoms in total. The third-order valence-corrected chi connectivity index (χ3v) is 6.00. The van der Waals surface area contributed by atoms with Gasteiger partial charge in [0.15, 0.2) is 21.5 Å². The molecule has 0 aliphatic carbocycles. The van der Waals surface area contributed by atoms with E-state index in [4.69, 9.17) is 10.6 Å². The van der Waals surface area contributed by atoms with Crippen molar-refractivity contribution in [2.45, 2.75) is 25.2 Å². The molecule has 1 aromatic carbocycles. The van der Waals surface area contributed by atoms with Gasteiger partial charge < -0.3 is 10.6 Å². The number of amidine groups is 1. The molecule has 3 rings (SSSR count). The molecule has 3 aromatic rings. The molecule has 9 heteroatoms. The van der Waals surface area contributed by atoms with E-state index in [1.165, 1.54) is 0 Å². The lowest BCUT2D eigenvalue weighted by Gasteiger charge is -2.06. The van der Waals surface area contributed by atoms with Crippen LogP contribution in [0.1, 0.15) is 23.4 Å². The number of benzene rings is 1. The molecule has 0 bridgehead atoms. The third kappa shape index (κ3) is 5.20. The van der Waals surface area contributed by atoms with E-state index in [1.54, 1.807) is 53.3 Å². The minimum absolute atomic E-state index is 0.0225. The Morgan fingerprint density at radius 3 is 2.55 bits per heavy atom. The maximum absolute atomic E-state index is 12.2. The molecular formula is C20H23N5O3S. The SMILES string of the molecule is Cc1cc(C)n(-c2ccc(/C(N)=N/OCCCS(=O)(=O)c3ccccc3)cn2)n1. The molecule has 152 valence electrons.